The van der Waals surface area contributed by atoms with Gasteiger partial charge in [-0.25, -0.2) is 9.37 Å². The van der Waals surface area contributed by atoms with Gasteiger partial charge in [0.05, 0.1) is 24.3 Å². The Labute approximate surface area is 189 Å². The Morgan fingerprint density at radius 2 is 1.97 bits per heavy atom. The van der Waals surface area contributed by atoms with Crippen LogP contribution in [0.2, 0.25) is 0 Å². The first-order valence-electron chi connectivity index (χ1n) is 11.5. The number of methoxy groups -OCH3 is 1. The fourth-order valence-corrected chi connectivity index (χ4v) is 4.30. The minimum atomic E-state index is -0.338. The smallest absolute Gasteiger partial charge is 0.149 e. The van der Waals surface area contributed by atoms with E-state index in [2.05, 4.69) is 27.0 Å². The molecule has 1 aromatic carbocycles. The molecule has 0 spiro atoms. The molecule has 2 aliphatic carbocycles. The monoisotopic (exact) mass is 437 g/mol. The van der Waals surface area contributed by atoms with E-state index in [0.29, 0.717) is 30.0 Å². The van der Waals surface area contributed by atoms with Gasteiger partial charge in [0.15, 0.2) is 0 Å². The van der Waals surface area contributed by atoms with Gasteiger partial charge < -0.3 is 20.7 Å². The number of hydrogen-bond acceptors (Lipinski definition) is 6. The molecule has 2 aliphatic rings. The van der Waals surface area contributed by atoms with Gasteiger partial charge in [-0.3, -0.25) is 0 Å². The summed E-state index contributed by atoms with van der Waals surface area (Å²) in [6.07, 6.45) is 7.49. The van der Waals surface area contributed by atoms with Crippen LogP contribution in [0.3, 0.4) is 0 Å². The predicted octanol–water partition coefficient (Wildman–Crippen LogP) is 4.56. The zero-order valence-corrected chi connectivity index (χ0v) is 18.7. The standard InChI is InChI=1S/C25H32FN5O/c1-32-12-11-28-19-5-7-20(8-6-19)31-24-14-22(23(26)15-29-24)18-3-2-4-21(13-18)30-17-25(16-27)9-10-25/h2-4,13-15,19-20,28,30H,5-12,17H2,1H3,(H,29,31)/t19-,20-. The van der Waals surface area contributed by atoms with E-state index in [-0.39, 0.29) is 11.2 Å². The van der Waals surface area contributed by atoms with Crippen molar-refractivity contribution >= 4 is 11.5 Å². The summed E-state index contributed by atoms with van der Waals surface area (Å²) in [5, 5.41) is 19.6. The van der Waals surface area contributed by atoms with Crippen LogP contribution in [0.5, 0.6) is 0 Å². The normalized spacial score (nSPS) is 21.5. The van der Waals surface area contributed by atoms with Crippen molar-refractivity contribution in [1.29, 1.82) is 5.26 Å². The number of halogens is 1. The Morgan fingerprint density at radius 3 is 2.69 bits per heavy atom. The third kappa shape index (κ3) is 5.76. The maximum atomic E-state index is 14.6. The lowest BCUT2D eigenvalue weighted by Crippen LogP contribution is -2.38. The zero-order valence-electron chi connectivity index (χ0n) is 18.7. The summed E-state index contributed by atoms with van der Waals surface area (Å²) < 4.78 is 19.7. The number of nitriles is 1. The number of hydrogen-bond donors (Lipinski definition) is 3. The molecule has 0 radical (unpaired) electrons. The largest absolute Gasteiger partial charge is 0.383 e. The number of anilines is 2. The summed E-state index contributed by atoms with van der Waals surface area (Å²) in [5.74, 6) is 0.367. The fraction of sp³-hybridized carbons (Fsp3) is 0.520. The van der Waals surface area contributed by atoms with Crippen LogP contribution in [-0.2, 0) is 4.74 Å². The molecule has 4 rings (SSSR count). The molecule has 2 saturated carbocycles. The van der Waals surface area contributed by atoms with Crippen LogP contribution in [0, 0.1) is 22.6 Å². The third-order valence-corrected chi connectivity index (χ3v) is 6.57. The Hall–Kier alpha value is -2.69. The summed E-state index contributed by atoms with van der Waals surface area (Å²) >= 11 is 0. The van der Waals surface area contributed by atoms with Crippen molar-refractivity contribution in [3.05, 3.63) is 42.3 Å². The summed E-state index contributed by atoms with van der Waals surface area (Å²) in [4.78, 5) is 4.28. The molecule has 0 atom stereocenters. The molecule has 6 nitrogen and oxygen atoms in total. The molecule has 0 aliphatic heterocycles. The van der Waals surface area contributed by atoms with Gasteiger partial charge in [-0.2, -0.15) is 5.26 Å². The number of pyridine rings is 1. The lowest BCUT2D eigenvalue weighted by Gasteiger charge is -2.30. The van der Waals surface area contributed by atoms with Crippen molar-refractivity contribution < 1.29 is 9.13 Å². The van der Waals surface area contributed by atoms with Crippen molar-refractivity contribution in [2.75, 3.05) is 37.4 Å². The summed E-state index contributed by atoms with van der Waals surface area (Å²) in [7, 11) is 1.72. The van der Waals surface area contributed by atoms with E-state index in [0.717, 1.165) is 62.9 Å². The Morgan fingerprint density at radius 1 is 1.19 bits per heavy atom. The van der Waals surface area contributed by atoms with Crippen LogP contribution in [0.4, 0.5) is 15.9 Å². The number of rotatable bonds is 10. The number of aromatic nitrogens is 1. The highest BCUT2D eigenvalue weighted by molar-refractivity contribution is 5.70. The third-order valence-electron chi connectivity index (χ3n) is 6.57. The van der Waals surface area contributed by atoms with E-state index in [4.69, 9.17) is 4.74 Å². The van der Waals surface area contributed by atoms with Crippen LogP contribution in [0.1, 0.15) is 38.5 Å². The molecule has 1 heterocycles. The van der Waals surface area contributed by atoms with Crippen LogP contribution in [0.25, 0.3) is 11.1 Å². The summed E-state index contributed by atoms with van der Waals surface area (Å²) in [6, 6.07) is 12.8. The molecular formula is C25H32FN5O. The highest BCUT2D eigenvalue weighted by Gasteiger charge is 2.42. The van der Waals surface area contributed by atoms with Gasteiger partial charge in [-0.1, -0.05) is 12.1 Å². The number of ether oxygens (including phenoxy) is 1. The van der Waals surface area contributed by atoms with Gasteiger partial charge in [0.1, 0.15) is 11.6 Å². The van der Waals surface area contributed by atoms with Crippen LogP contribution in [-0.4, -0.2) is 43.9 Å². The molecule has 32 heavy (non-hydrogen) atoms. The summed E-state index contributed by atoms with van der Waals surface area (Å²) in [5.41, 5.74) is 2.00. The van der Waals surface area contributed by atoms with Crippen molar-refractivity contribution in [3.63, 3.8) is 0 Å². The molecule has 0 bridgehead atoms. The first-order valence-corrected chi connectivity index (χ1v) is 11.5. The molecule has 170 valence electrons. The summed E-state index contributed by atoms with van der Waals surface area (Å²) in [6.45, 7) is 2.24. The SMILES string of the molecule is COCCN[C@H]1CC[C@H](Nc2cc(-c3cccc(NCC4(C#N)CC4)c3)c(F)cn2)CC1. The lowest BCUT2D eigenvalue weighted by molar-refractivity contribution is 0.191. The van der Waals surface area contributed by atoms with Gasteiger partial charge in [-0.15, -0.1) is 0 Å². The first-order chi connectivity index (χ1) is 15.6. The molecule has 1 aromatic heterocycles. The van der Waals surface area contributed by atoms with E-state index in [1.807, 2.05) is 24.3 Å². The first kappa shape index (κ1) is 22.5. The molecule has 2 fully saturated rings. The van der Waals surface area contributed by atoms with E-state index in [1.165, 1.54) is 6.20 Å². The Bertz CT molecular complexity index is 948. The van der Waals surface area contributed by atoms with E-state index in [9.17, 15) is 9.65 Å². The second-order valence-electron chi connectivity index (χ2n) is 9.02. The Balaban J connectivity index is 1.37. The maximum Gasteiger partial charge on any atom is 0.149 e. The number of nitrogens with one attached hydrogen (secondary N) is 3. The van der Waals surface area contributed by atoms with Gasteiger partial charge in [0.2, 0.25) is 0 Å². The fourth-order valence-electron chi connectivity index (χ4n) is 4.30. The Kier molecular flexibility index (Phi) is 7.23. The quantitative estimate of drug-likeness (QED) is 0.473. The number of benzene rings is 1. The van der Waals surface area contributed by atoms with E-state index in [1.54, 1.807) is 13.2 Å². The minimum absolute atomic E-state index is 0.229. The van der Waals surface area contributed by atoms with Gasteiger partial charge >= 0.3 is 0 Å². The van der Waals surface area contributed by atoms with Crippen LogP contribution >= 0.6 is 0 Å². The topological polar surface area (TPSA) is 82.0 Å². The highest BCUT2D eigenvalue weighted by atomic mass is 19.1. The molecule has 0 unspecified atom stereocenters. The van der Waals surface area contributed by atoms with Crippen molar-refractivity contribution in [2.45, 2.75) is 50.6 Å². The number of nitrogens with zero attached hydrogens (tertiary/aromatic N) is 2. The average Bonchev–Trinajstić information content (AvgIpc) is 3.61. The maximum absolute atomic E-state index is 14.6. The minimum Gasteiger partial charge on any atom is -0.383 e. The van der Waals surface area contributed by atoms with E-state index < -0.39 is 0 Å². The van der Waals surface area contributed by atoms with Gasteiger partial charge in [-0.05, 0) is 62.3 Å². The predicted molar refractivity (Wildman–Crippen MR) is 125 cm³/mol. The van der Waals surface area contributed by atoms with Crippen LogP contribution in [0.15, 0.2) is 36.5 Å². The second kappa shape index (κ2) is 10.3. The van der Waals surface area contributed by atoms with Crippen molar-refractivity contribution in [1.82, 2.24) is 10.3 Å². The molecule has 0 saturated heterocycles. The van der Waals surface area contributed by atoms with Crippen molar-refractivity contribution in [2.24, 2.45) is 5.41 Å². The van der Waals surface area contributed by atoms with Gasteiger partial charge in [0.25, 0.3) is 0 Å². The van der Waals surface area contributed by atoms with E-state index >= 15 is 0 Å². The lowest BCUT2D eigenvalue weighted by atomic mass is 9.91. The molecular weight excluding hydrogens is 405 g/mol. The molecule has 0 amide bonds. The molecule has 3 N–H and O–H groups in total. The van der Waals surface area contributed by atoms with Crippen molar-refractivity contribution in [3.8, 4) is 17.2 Å². The molecule has 2 aromatic rings. The second-order valence-corrected chi connectivity index (χ2v) is 9.02. The molecule has 7 heteroatoms. The van der Waals surface area contributed by atoms with Crippen LogP contribution < -0.4 is 16.0 Å². The zero-order chi connectivity index (χ0) is 22.4. The highest BCUT2D eigenvalue weighted by Crippen LogP contribution is 2.44. The average molecular weight is 438 g/mol. The van der Waals surface area contributed by atoms with Gasteiger partial charge in [0, 0.05) is 43.5 Å².